The minimum atomic E-state index is -0.322. The van der Waals surface area contributed by atoms with Crippen molar-refractivity contribution >= 4 is 40.2 Å². The fourth-order valence-electron chi connectivity index (χ4n) is 3.24. The van der Waals surface area contributed by atoms with Crippen molar-refractivity contribution < 1.29 is 19.1 Å². The fraction of sp³-hybridized carbons (Fsp3) is 0.0870. The molecule has 0 N–H and O–H groups in total. The highest BCUT2D eigenvalue weighted by atomic mass is 127. The first kappa shape index (κ1) is 19.3. The Morgan fingerprint density at radius 2 is 1.48 bits per heavy atom. The third kappa shape index (κ3) is 3.80. The third-order valence-corrected chi connectivity index (χ3v) is 5.34. The summed E-state index contributed by atoms with van der Waals surface area (Å²) in [5.74, 6) is -0.356. The molecule has 0 aliphatic carbocycles. The number of rotatable bonds is 6. The molecule has 1 aliphatic rings. The van der Waals surface area contributed by atoms with Crippen LogP contribution in [-0.4, -0.2) is 35.6 Å². The number of benzene rings is 3. The van der Waals surface area contributed by atoms with Crippen molar-refractivity contribution in [2.45, 2.75) is 0 Å². The highest BCUT2D eigenvalue weighted by molar-refractivity contribution is 14.1. The molecule has 0 fully saturated rings. The molecule has 2 amide bonds. The predicted molar refractivity (Wildman–Crippen MR) is 116 cm³/mol. The first-order valence-electron chi connectivity index (χ1n) is 9.03. The molecule has 0 saturated carbocycles. The van der Waals surface area contributed by atoms with Gasteiger partial charge in [-0.3, -0.25) is 19.3 Å². The van der Waals surface area contributed by atoms with Gasteiger partial charge in [0.1, 0.15) is 12.4 Å². The molecule has 0 aromatic heterocycles. The van der Waals surface area contributed by atoms with Gasteiger partial charge in [0.15, 0.2) is 5.78 Å². The molecular weight excluding hydrogens is 481 g/mol. The van der Waals surface area contributed by atoms with Crippen molar-refractivity contribution in [1.82, 2.24) is 4.90 Å². The van der Waals surface area contributed by atoms with Crippen LogP contribution in [0.5, 0.6) is 5.75 Å². The summed E-state index contributed by atoms with van der Waals surface area (Å²) in [5.41, 5.74) is 1.84. The summed E-state index contributed by atoms with van der Waals surface area (Å²) < 4.78 is 6.73. The van der Waals surface area contributed by atoms with Crippen molar-refractivity contribution in [3.05, 3.63) is 98.6 Å². The summed E-state index contributed by atoms with van der Waals surface area (Å²) in [6.45, 7) is 0.207. The number of hydrogen-bond acceptors (Lipinski definition) is 4. The van der Waals surface area contributed by atoms with E-state index in [1.807, 2.05) is 24.3 Å². The molecule has 1 aliphatic heterocycles. The highest BCUT2D eigenvalue weighted by Crippen LogP contribution is 2.25. The van der Waals surface area contributed by atoms with E-state index in [9.17, 15) is 14.4 Å². The Balaban J connectivity index is 1.49. The zero-order valence-corrected chi connectivity index (χ0v) is 17.5. The van der Waals surface area contributed by atoms with Gasteiger partial charge in [-0.2, -0.15) is 0 Å². The second-order valence-corrected chi connectivity index (χ2v) is 7.74. The number of hydrogen-bond donors (Lipinski definition) is 0. The Kier molecular flexibility index (Phi) is 5.44. The maximum absolute atomic E-state index is 12.9. The second kappa shape index (κ2) is 8.16. The quantitative estimate of drug-likeness (QED) is 0.291. The molecule has 0 atom stereocenters. The van der Waals surface area contributed by atoms with E-state index in [4.69, 9.17) is 4.74 Å². The Labute approximate surface area is 181 Å². The summed E-state index contributed by atoms with van der Waals surface area (Å²) in [6.07, 6.45) is 0. The van der Waals surface area contributed by atoms with Gasteiger partial charge in [-0.1, -0.05) is 42.5 Å². The summed E-state index contributed by atoms with van der Waals surface area (Å²) >= 11 is 2.14. The lowest BCUT2D eigenvalue weighted by Crippen LogP contribution is -2.33. The number of ketones is 1. The van der Waals surface area contributed by atoms with E-state index in [0.29, 0.717) is 28.0 Å². The molecule has 0 radical (unpaired) electrons. The highest BCUT2D eigenvalue weighted by Gasteiger charge is 2.34. The average molecular weight is 497 g/mol. The van der Waals surface area contributed by atoms with E-state index >= 15 is 0 Å². The molecule has 5 nitrogen and oxygen atoms in total. The SMILES string of the molecule is O=C(c1ccccc1)c1cc(I)ccc1OCCN1C(=O)c2ccccc2C1=O. The van der Waals surface area contributed by atoms with Crippen molar-refractivity contribution in [1.29, 1.82) is 0 Å². The number of fused-ring (bicyclic) bond motifs is 1. The molecule has 1 heterocycles. The van der Waals surface area contributed by atoms with Gasteiger partial charge in [0.05, 0.1) is 23.2 Å². The maximum atomic E-state index is 12.9. The molecular formula is C23H16INO4. The van der Waals surface area contributed by atoms with Crippen LogP contribution in [-0.2, 0) is 0 Å². The minimum Gasteiger partial charge on any atom is -0.491 e. The van der Waals surface area contributed by atoms with Crippen LogP contribution in [0.25, 0.3) is 0 Å². The largest absolute Gasteiger partial charge is 0.491 e. The Bertz CT molecular complexity index is 1080. The molecule has 3 aromatic rings. The van der Waals surface area contributed by atoms with Gasteiger partial charge >= 0.3 is 0 Å². The maximum Gasteiger partial charge on any atom is 0.261 e. The van der Waals surface area contributed by atoms with Crippen LogP contribution in [0, 0.1) is 3.57 Å². The normalized spacial score (nSPS) is 12.8. The van der Waals surface area contributed by atoms with E-state index < -0.39 is 0 Å². The van der Waals surface area contributed by atoms with Gasteiger partial charge < -0.3 is 4.74 Å². The Hall–Kier alpha value is -3.00. The van der Waals surface area contributed by atoms with E-state index in [2.05, 4.69) is 22.6 Å². The van der Waals surface area contributed by atoms with Gasteiger partial charge in [0, 0.05) is 9.13 Å². The van der Waals surface area contributed by atoms with Crippen LogP contribution in [0.3, 0.4) is 0 Å². The molecule has 144 valence electrons. The Morgan fingerprint density at radius 3 is 2.14 bits per heavy atom. The van der Waals surface area contributed by atoms with Crippen LogP contribution < -0.4 is 4.74 Å². The summed E-state index contributed by atoms with van der Waals surface area (Å²) in [7, 11) is 0. The lowest BCUT2D eigenvalue weighted by atomic mass is 10.0. The molecule has 6 heteroatoms. The summed E-state index contributed by atoms with van der Waals surface area (Å²) in [4.78, 5) is 39.0. The standard InChI is InChI=1S/C23H16INO4/c24-16-10-11-20(19(14-16)21(26)15-6-2-1-3-7-15)29-13-12-25-22(27)17-8-4-5-9-18(17)23(25)28/h1-11,14H,12-13H2. The number of imide groups is 1. The molecule has 29 heavy (non-hydrogen) atoms. The number of ether oxygens (including phenoxy) is 1. The summed E-state index contributed by atoms with van der Waals surface area (Å²) in [5, 5.41) is 0. The van der Waals surface area contributed by atoms with Crippen LogP contribution in [0.1, 0.15) is 36.6 Å². The minimum absolute atomic E-state index is 0.0983. The van der Waals surface area contributed by atoms with Gasteiger partial charge in [-0.25, -0.2) is 0 Å². The zero-order valence-electron chi connectivity index (χ0n) is 15.3. The predicted octanol–water partition coefficient (Wildman–Crippen LogP) is 4.20. The first-order valence-corrected chi connectivity index (χ1v) is 10.1. The van der Waals surface area contributed by atoms with E-state index in [-0.39, 0.29) is 30.7 Å². The van der Waals surface area contributed by atoms with E-state index in [1.54, 1.807) is 48.5 Å². The second-order valence-electron chi connectivity index (χ2n) is 6.49. The van der Waals surface area contributed by atoms with E-state index in [1.165, 1.54) is 4.90 Å². The van der Waals surface area contributed by atoms with Gasteiger partial charge in [0.25, 0.3) is 11.8 Å². The average Bonchev–Trinajstić information content (AvgIpc) is 3.00. The van der Waals surface area contributed by atoms with Crippen LogP contribution in [0.4, 0.5) is 0 Å². The van der Waals surface area contributed by atoms with Crippen molar-refractivity contribution in [3.63, 3.8) is 0 Å². The molecule has 0 bridgehead atoms. The number of halogens is 1. The zero-order chi connectivity index (χ0) is 20.4. The third-order valence-electron chi connectivity index (χ3n) is 4.67. The number of carbonyl (C=O) groups is 3. The number of carbonyl (C=O) groups excluding carboxylic acids is 3. The smallest absolute Gasteiger partial charge is 0.261 e. The lowest BCUT2D eigenvalue weighted by Gasteiger charge is -2.16. The summed E-state index contributed by atoms with van der Waals surface area (Å²) in [6, 6.07) is 21.1. The van der Waals surface area contributed by atoms with Crippen LogP contribution in [0.2, 0.25) is 0 Å². The molecule has 4 rings (SSSR count). The Morgan fingerprint density at radius 1 is 0.862 bits per heavy atom. The van der Waals surface area contributed by atoms with Gasteiger partial charge in [-0.05, 0) is 52.9 Å². The van der Waals surface area contributed by atoms with Crippen molar-refractivity contribution in [2.24, 2.45) is 0 Å². The fourth-order valence-corrected chi connectivity index (χ4v) is 3.73. The number of amides is 2. The van der Waals surface area contributed by atoms with E-state index in [0.717, 1.165) is 3.57 Å². The van der Waals surface area contributed by atoms with Crippen molar-refractivity contribution in [2.75, 3.05) is 13.2 Å². The van der Waals surface area contributed by atoms with Crippen molar-refractivity contribution in [3.8, 4) is 5.75 Å². The van der Waals surface area contributed by atoms with Gasteiger partial charge in [-0.15, -0.1) is 0 Å². The lowest BCUT2D eigenvalue weighted by molar-refractivity contribution is 0.0630. The number of nitrogens with zero attached hydrogens (tertiary/aromatic N) is 1. The first-order chi connectivity index (χ1) is 14.1. The molecule has 0 unspecified atom stereocenters. The monoisotopic (exact) mass is 497 g/mol. The van der Waals surface area contributed by atoms with Crippen LogP contribution in [0.15, 0.2) is 72.8 Å². The molecule has 0 spiro atoms. The molecule has 0 saturated heterocycles. The molecule has 3 aromatic carbocycles. The van der Waals surface area contributed by atoms with Gasteiger partial charge in [0.2, 0.25) is 0 Å². The topological polar surface area (TPSA) is 63.7 Å². The van der Waals surface area contributed by atoms with Crippen LogP contribution >= 0.6 is 22.6 Å².